The van der Waals surface area contributed by atoms with E-state index in [4.69, 9.17) is 0 Å². The molecule has 0 fully saturated rings. The molecule has 0 aliphatic heterocycles. The second kappa shape index (κ2) is 6.26. The first-order chi connectivity index (χ1) is 7.60. The average molecular weight is 285 g/mol. The van der Waals surface area contributed by atoms with Crippen molar-refractivity contribution in [1.29, 1.82) is 0 Å². The minimum Gasteiger partial charge on any atom is -0.372 e. The number of rotatable bonds is 5. The lowest BCUT2D eigenvalue weighted by Gasteiger charge is -2.28. The fourth-order valence-electron chi connectivity index (χ4n) is 1.72. The van der Waals surface area contributed by atoms with Crippen LogP contribution in [0.1, 0.15) is 25.8 Å². The molecule has 90 valence electrons. The summed E-state index contributed by atoms with van der Waals surface area (Å²) in [6, 6.07) is 7.03. The van der Waals surface area contributed by atoms with Crippen molar-refractivity contribution in [1.82, 2.24) is 5.32 Å². The maximum Gasteiger partial charge on any atom is 0.0422 e. The third-order valence-electron chi connectivity index (χ3n) is 3.05. The molecule has 16 heavy (non-hydrogen) atoms. The molecular weight excluding hydrogens is 264 g/mol. The molecule has 0 radical (unpaired) electrons. The zero-order chi connectivity index (χ0) is 12.1. The number of hydrogen-bond donors (Lipinski definition) is 1. The van der Waals surface area contributed by atoms with E-state index in [2.05, 4.69) is 65.2 Å². The molecule has 1 aromatic rings. The van der Waals surface area contributed by atoms with Crippen LogP contribution in [0, 0.1) is 0 Å². The van der Waals surface area contributed by atoms with E-state index in [1.54, 1.807) is 0 Å². The summed E-state index contributed by atoms with van der Waals surface area (Å²) in [5.41, 5.74) is 2.64. The Kier molecular flexibility index (Phi) is 5.29. The van der Waals surface area contributed by atoms with Gasteiger partial charge in [0, 0.05) is 29.8 Å². The van der Waals surface area contributed by atoms with Gasteiger partial charge in [0.2, 0.25) is 0 Å². The van der Waals surface area contributed by atoms with Crippen LogP contribution in [0.3, 0.4) is 0 Å². The largest absolute Gasteiger partial charge is 0.372 e. The Balaban J connectivity index is 3.03. The molecule has 0 aliphatic rings. The molecule has 0 saturated heterocycles. The molecule has 1 rings (SSSR count). The molecule has 1 unspecified atom stereocenters. The van der Waals surface area contributed by atoms with E-state index in [9.17, 15) is 0 Å². The highest BCUT2D eigenvalue weighted by molar-refractivity contribution is 9.10. The van der Waals surface area contributed by atoms with Crippen LogP contribution in [0.4, 0.5) is 5.69 Å². The van der Waals surface area contributed by atoms with Crippen molar-refractivity contribution in [3.8, 4) is 0 Å². The van der Waals surface area contributed by atoms with Crippen molar-refractivity contribution in [3.63, 3.8) is 0 Å². The van der Waals surface area contributed by atoms with Crippen molar-refractivity contribution in [2.24, 2.45) is 0 Å². The maximum atomic E-state index is 3.54. The van der Waals surface area contributed by atoms with Crippen LogP contribution < -0.4 is 10.2 Å². The van der Waals surface area contributed by atoms with E-state index in [1.165, 1.54) is 11.3 Å². The lowest BCUT2D eigenvalue weighted by atomic mass is 10.1. The zero-order valence-electron chi connectivity index (χ0n) is 10.5. The number of nitrogens with one attached hydrogen (secondary N) is 1. The van der Waals surface area contributed by atoms with Crippen LogP contribution in [-0.4, -0.2) is 20.1 Å². The van der Waals surface area contributed by atoms with Gasteiger partial charge in [-0.05, 0) is 38.1 Å². The summed E-state index contributed by atoms with van der Waals surface area (Å²) in [5.74, 6) is 0. The molecule has 0 aromatic heterocycles. The summed E-state index contributed by atoms with van der Waals surface area (Å²) >= 11 is 3.54. The van der Waals surface area contributed by atoms with Crippen molar-refractivity contribution < 1.29 is 0 Å². The standard InChI is InChI=1S/C13H21BrN2/c1-5-10(2)16(4)13-8-12(14)7-6-11(13)9-15-3/h6-8,10,15H,5,9H2,1-4H3. The molecule has 1 N–H and O–H groups in total. The number of anilines is 1. The normalized spacial score (nSPS) is 12.6. The quantitative estimate of drug-likeness (QED) is 0.892. The van der Waals surface area contributed by atoms with Gasteiger partial charge in [0.1, 0.15) is 0 Å². The van der Waals surface area contributed by atoms with Gasteiger partial charge in [0.15, 0.2) is 0 Å². The molecule has 0 saturated carbocycles. The summed E-state index contributed by atoms with van der Waals surface area (Å²) in [5, 5.41) is 3.21. The van der Waals surface area contributed by atoms with Gasteiger partial charge in [-0.15, -0.1) is 0 Å². The maximum absolute atomic E-state index is 3.54. The van der Waals surface area contributed by atoms with Gasteiger partial charge in [-0.3, -0.25) is 0 Å². The molecule has 2 nitrogen and oxygen atoms in total. The fraction of sp³-hybridized carbons (Fsp3) is 0.538. The van der Waals surface area contributed by atoms with Crippen molar-refractivity contribution in [2.45, 2.75) is 32.9 Å². The fourth-order valence-corrected chi connectivity index (χ4v) is 2.07. The molecule has 0 aliphatic carbocycles. The van der Waals surface area contributed by atoms with Gasteiger partial charge >= 0.3 is 0 Å². The average Bonchev–Trinajstić information content (AvgIpc) is 2.29. The molecular formula is C13H21BrN2. The summed E-state index contributed by atoms with van der Waals surface area (Å²) in [4.78, 5) is 2.34. The van der Waals surface area contributed by atoms with Crippen LogP contribution in [-0.2, 0) is 6.54 Å². The highest BCUT2D eigenvalue weighted by Gasteiger charge is 2.12. The molecule has 0 amide bonds. The van der Waals surface area contributed by atoms with E-state index in [1.807, 2.05) is 7.05 Å². The first kappa shape index (κ1) is 13.5. The highest BCUT2D eigenvalue weighted by atomic mass is 79.9. The predicted molar refractivity (Wildman–Crippen MR) is 75.1 cm³/mol. The van der Waals surface area contributed by atoms with Crippen LogP contribution in [0.5, 0.6) is 0 Å². The van der Waals surface area contributed by atoms with Gasteiger partial charge in [-0.25, -0.2) is 0 Å². The Morgan fingerprint density at radius 1 is 1.44 bits per heavy atom. The van der Waals surface area contributed by atoms with Gasteiger partial charge in [0.05, 0.1) is 0 Å². The predicted octanol–water partition coefficient (Wildman–Crippen LogP) is 3.40. The number of hydrogen-bond acceptors (Lipinski definition) is 2. The van der Waals surface area contributed by atoms with Gasteiger partial charge in [-0.2, -0.15) is 0 Å². The summed E-state index contributed by atoms with van der Waals surface area (Å²) < 4.78 is 1.14. The minimum atomic E-state index is 0.560. The van der Waals surface area contributed by atoms with E-state index in [0.717, 1.165) is 17.4 Å². The second-order valence-corrected chi connectivity index (χ2v) is 5.09. The van der Waals surface area contributed by atoms with E-state index >= 15 is 0 Å². The molecule has 1 aromatic carbocycles. The topological polar surface area (TPSA) is 15.3 Å². The van der Waals surface area contributed by atoms with Crippen molar-refractivity contribution >= 4 is 21.6 Å². The monoisotopic (exact) mass is 284 g/mol. The third-order valence-corrected chi connectivity index (χ3v) is 3.54. The van der Waals surface area contributed by atoms with Crippen LogP contribution >= 0.6 is 15.9 Å². The molecule has 0 spiro atoms. The Hall–Kier alpha value is -0.540. The van der Waals surface area contributed by atoms with Crippen LogP contribution in [0.2, 0.25) is 0 Å². The number of halogens is 1. The third kappa shape index (κ3) is 3.22. The number of nitrogens with zero attached hydrogens (tertiary/aromatic N) is 1. The summed E-state index contributed by atoms with van der Waals surface area (Å²) in [7, 11) is 4.14. The van der Waals surface area contributed by atoms with Crippen LogP contribution in [0.15, 0.2) is 22.7 Å². The lowest BCUT2D eigenvalue weighted by molar-refractivity contribution is 0.658. The van der Waals surface area contributed by atoms with Crippen molar-refractivity contribution in [3.05, 3.63) is 28.2 Å². The van der Waals surface area contributed by atoms with Gasteiger partial charge in [0.25, 0.3) is 0 Å². The molecule has 3 heteroatoms. The zero-order valence-corrected chi connectivity index (χ0v) is 12.1. The number of benzene rings is 1. The van der Waals surface area contributed by atoms with Crippen LogP contribution in [0.25, 0.3) is 0 Å². The molecule has 0 bridgehead atoms. The Morgan fingerprint density at radius 3 is 2.69 bits per heavy atom. The Morgan fingerprint density at radius 2 is 2.12 bits per heavy atom. The second-order valence-electron chi connectivity index (χ2n) is 4.17. The van der Waals surface area contributed by atoms with E-state index < -0.39 is 0 Å². The molecule has 0 heterocycles. The smallest absolute Gasteiger partial charge is 0.0422 e. The Labute approximate surface area is 107 Å². The first-order valence-corrected chi connectivity index (χ1v) is 6.55. The summed E-state index contributed by atoms with van der Waals surface area (Å²) in [6.45, 7) is 5.38. The van der Waals surface area contributed by atoms with E-state index in [0.29, 0.717) is 6.04 Å². The Bertz CT molecular complexity index is 339. The molecule has 1 atom stereocenters. The SMILES string of the molecule is CCC(C)N(C)c1cc(Br)ccc1CNC. The van der Waals surface area contributed by atoms with Crippen molar-refractivity contribution in [2.75, 3.05) is 19.0 Å². The highest BCUT2D eigenvalue weighted by Crippen LogP contribution is 2.26. The first-order valence-electron chi connectivity index (χ1n) is 5.76. The van der Waals surface area contributed by atoms with Gasteiger partial charge < -0.3 is 10.2 Å². The lowest BCUT2D eigenvalue weighted by Crippen LogP contribution is -2.29. The summed E-state index contributed by atoms with van der Waals surface area (Å²) in [6.07, 6.45) is 1.15. The minimum absolute atomic E-state index is 0.560. The van der Waals surface area contributed by atoms with Gasteiger partial charge in [-0.1, -0.05) is 28.9 Å². The van der Waals surface area contributed by atoms with E-state index in [-0.39, 0.29) is 0 Å².